The van der Waals surface area contributed by atoms with E-state index >= 15 is 0 Å². The van der Waals surface area contributed by atoms with E-state index in [-0.39, 0.29) is 54.6 Å². The number of aliphatic hydroxyl groups excluding tert-OH is 1. The minimum atomic E-state index is -0.958. The Morgan fingerprint density at radius 1 is 1.12 bits per heavy atom. The lowest BCUT2D eigenvalue weighted by Gasteiger charge is -2.34. The molecule has 1 aliphatic heterocycles. The Labute approximate surface area is 248 Å². The lowest BCUT2D eigenvalue weighted by atomic mass is 9.96. The number of nitrogens with one attached hydrogen (secondary N) is 2. The number of hydrogen-bond donors (Lipinski definition) is 4. The average molecular weight is 581 g/mol. The molecule has 0 saturated heterocycles. The molecule has 4 N–H and O–H groups in total. The van der Waals surface area contributed by atoms with E-state index in [1.165, 1.54) is 6.42 Å². The monoisotopic (exact) mass is 580 g/mol. The number of likely N-dealkylation sites (N-methyl/N-ethyl adjacent to an activating group) is 1. The third-order valence-electron chi connectivity index (χ3n) is 8.26. The summed E-state index contributed by atoms with van der Waals surface area (Å²) in [5, 5.41) is 25.1. The number of carbonyl (C=O) groups excluding carboxylic acids is 2. The van der Waals surface area contributed by atoms with Gasteiger partial charge in [-0.15, -0.1) is 0 Å². The fourth-order valence-electron chi connectivity index (χ4n) is 5.76. The largest absolute Gasteiger partial charge is 0.488 e. The quantitative estimate of drug-likeness (QED) is 0.351. The minimum absolute atomic E-state index is 0.0511. The molecule has 1 heterocycles. The van der Waals surface area contributed by atoms with Crippen molar-refractivity contribution in [3.8, 4) is 5.75 Å². The topological polar surface area (TPSA) is 131 Å². The molecule has 0 spiro atoms. The molecule has 0 unspecified atom stereocenters. The summed E-state index contributed by atoms with van der Waals surface area (Å²) in [5.41, 5.74) is 2.49. The van der Waals surface area contributed by atoms with Crippen LogP contribution in [0, 0.1) is 5.92 Å². The number of amides is 3. The van der Waals surface area contributed by atoms with Gasteiger partial charge in [0, 0.05) is 42.8 Å². The first kappa shape index (κ1) is 31.3. The Balaban J connectivity index is 1.52. The first-order chi connectivity index (χ1) is 20.1. The Bertz CT molecular complexity index is 1230. The third kappa shape index (κ3) is 8.45. The molecule has 3 amide bonds. The van der Waals surface area contributed by atoms with Crippen molar-refractivity contribution < 1.29 is 29.3 Å². The molecule has 2 aromatic rings. The van der Waals surface area contributed by atoms with E-state index in [0.29, 0.717) is 36.6 Å². The summed E-state index contributed by atoms with van der Waals surface area (Å²) in [6, 6.07) is 11.8. The molecule has 0 aromatic heterocycles. The zero-order valence-corrected chi connectivity index (χ0v) is 24.8. The van der Waals surface area contributed by atoms with Crippen LogP contribution >= 0.6 is 0 Å². The molecule has 42 heavy (non-hydrogen) atoms. The van der Waals surface area contributed by atoms with Crippen molar-refractivity contribution in [1.29, 1.82) is 0 Å². The maximum atomic E-state index is 13.5. The number of aromatic carboxylic acids is 1. The number of carboxylic acids is 1. The summed E-state index contributed by atoms with van der Waals surface area (Å²) in [4.78, 5) is 41.2. The van der Waals surface area contributed by atoms with Crippen LogP contribution in [0.15, 0.2) is 42.5 Å². The third-order valence-corrected chi connectivity index (χ3v) is 8.26. The van der Waals surface area contributed by atoms with Gasteiger partial charge in [-0.1, -0.05) is 38.3 Å². The van der Waals surface area contributed by atoms with Crippen LogP contribution in [0.5, 0.6) is 5.75 Å². The van der Waals surface area contributed by atoms with Crippen LogP contribution in [0.25, 0.3) is 0 Å². The Kier molecular flexibility index (Phi) is 10.8. The van der Waals surface area contributed by atoms with Crippen molar-refractivity contribution in [1.82, 2.24) is 15.1 Å². The van der Waals surface area contributed by atoms with Gasteiger partial charge in [0.15, 0.2) is 0 Å². The number of anilines is 1. The van der Waals surface area contributed by atoms with Crippen molar-refractivity contribution >= 4 is 23.6 Å². The van der Waals surface area contributed by atoms with Crippen molar-refractivity contribution in [3.63, 3.8) is 0 Å². The number of hydrogen-bond acceptors (Lipinski definition) is 6. The van der Waals surface area contributed by atoms with E-state index < -0.39 is 5.97 Å². The highest BCUT2D eigenvalue weighted by atomic mass is 16.5. The van der Waals surface area contributed by atoms with Gasteiger partial charge >= 0.3 is 12.0 Å². The fraction of sp³-hybridized carbons (Fsp3) is 0.531. The van der Waals surface area contributed by atoms with Gasteiger partial charge in [-0.2, -0.15) is 0 Å². The number of rotatable bonds is 9. The van der Waals surface area contributed by atoms with Crippen molar-refractivity contribution in [2.75, 3.05) is 32.1 Å². The summed E-state index contributed by atoms with van der Waals surface area (Å²) < 4.78 is 6.59. The van der Waals surface area contributed by atoms with Gasteiger partial charge in [-0.3, -0.25) is 9.69 Å². The highest BCUT2D eigenvalue weighted by Gasteiger charge is 2.31. The molecule has 0 bridgehead atoms. The zero-order valence-electron chi connectivity index (χ0n) is 24.8. The standard InChI is InChI=1S/C32H44N4O6/c1-21-17-36(22(2)20-37)30(38)16-25-15-27(34-32(41)33-26-7-5-4-6-8-26)13-14-28(25)42-29(21)19-35(3)18-23-9-11-24(12-10-23)31(39)40/h9-15,21-22,26,29,37H,4-8,16-20H2,1-3H3,(H,39,40)(H2,33,34,41)/t21-,22-,29+/m1/s1. The first-order valence-corrected chi connectivity index (χ1v) is 14.9. The molecule has 1 fully saturated rings. The van der Waals surface area contributed by atoms with Gasteiger partial charge in [0.1, 0.15) is 11.9 Å². The van der Waals surface area contributed by atoms with Gasteiger partial charge in [0.25, 0.3) is 0 Å². The number of nitrogens with zero attached hydrogens (tertiary/aromatic N) is 2. The number of urea groups is 1. The van der Waals surface area contributed by atoms with E-state index in [2.05, 4.69) is 15.5 Å². The molecule has 228 valence electrons. The van der Waals surface area contributed by atoms with E-state index in [1.807, 2.05) is 39.1 Å². The maximum Gasteiger partial charge on any atom is 0.335 e. The van der Waals surface area contributed by atoms with Crippen molar-refractivity contribution in [2.24, 2.45) is 5.92 Å². The number of carbonyl (C=O) groups is 3. The van der Waals surface area contributed by atoms with Crippen LogP contribution in [0.4, 0.5) is 10.5 Å². The lowest BCUT2D eigenvalue weighted by molar-refractivity contribution is -0.134. The molecule has 0 radical (unpaired) electrons. The Morgan fingerprint density at radius 2 is 1.83 bits per heavy atom. The molecule has 10 nitrogen and oxygen atoms in total. The first-order valence-electron chi connectivity index (χ1n) is 14.9. The summed E-state index contributed by atoms with van der Waals surface area (Å²) in [6.07, 6.45) is 5.24. The normalized spacial score (nSPS) is 20.5. The highest BCUT2D eigenvalue weighted by Crippen LogP contribution is 2.29. The van der Waals surface area contributed by atoms with Gasteiger partial charge in [0.2, 0.25) is 5.91 Å². The van der Waals surface area contributed by atoms with Gasteiger partial charge in [-0.05, 0) is 62.7 Å². The second kappa shape index (κ2) is 14.5. The summed E-state index contributed by atoms with van der Waals surface area (Å²) in [6.45, 7) is 5.30. The predicted molar refractivity (Wildman–Crippen MR) is 161 cm³/mol. The zero-order chi connectivity index (χ0) is 30.2. The second-order valence-electron chi connectivity index (χ2n) is 11.8. The Morgan fingerprint density at radius 3 is 2.50 bits per heavy atom. The Hall–Kier alpha value is -3.63. The SMILES string of the molecule is C[C@@H]1CN([C@H](C)CO)C(=O)Cc2cc(NC(=O)NC3CCCCC3)ccc2O[C@H]1CN(C)Cc1ccc(C(=O)O)cc1. The van der Waals surface area contributed by atoms with Crippen LogP contribution in [-0.2, 0) is 17.8 Å². The maximum absolute atomic E-state index is 13.5. The smallest absolute Gasteiger partial charge is 0.335 e. The van der Waals surface area contributed by atoms with Crippen molar-refractivity contribution in [2.45, 2.75) is 77.1 Å². The van der Waals surface area contributed by atoms with E-state index in [9.17, 15) is 24.6 Å². The number of benzene rings is 2. The lowest BCUT2D eigenvalue weighted by Crippen LogP contribution is -2.47. The van der Waals surface area contributed by atoms with Crippen LogP contribution < -0.4 is 15.4 Å². The fourth-order valence-corrected chi connectivity index (χ4v) is 5.76. The van der Waals surface area contributed by atoms with Crippen LogP contribution in [0.3, 0.4) is 0 Å². The molecule has 4 rings (SSSR count). The molecular formula is C32H44N4O6. The molecule has 3 atom stereocenters. The summed E-state index contributed by atoms with van der Waals surface area (Å²) >= 11 is 0. The minimum Gasteiger partial charge on any atom is -0.488 e. The van der Waals surface area contributed by atoms with Crippen molar-refractivity contribution in [3.05, 3.63) is 59.2 Å². The molecular weight excluding hydrogens is 536 g/mol. The summed E-state index contributed by atoms with van der Waals surface area (Å²) in [7, 11) is 1.98. The second-order valence-corrected chi connectivity index (χ2v) is 11.8. The van der Waals surface area contributed by atoms with E-state index in [0.717, 1.165) is 31.2 Å². The van der Waals surface area contributed by atoms with Crippen LogP contribution in [0.2, 0.25) is 0 Å². The van der Waals surface area contributed by atoms with Crippen LogP contribution in [0.1, 0.15) is 67.4 Å². The molecule has 1 aliphatic carbocycles. The number of ether oxygens (including phenoxy) is 1. The number of aliphatic hydroxyl groups is 1. The number of carboxylic acid groups (broad SMARTS) is 1. The molecule has 1 saturated carbocycles. The van der Waals surface area contributed by atoms with Crippen LogP contribution in [-0.4, -0.2) is 82.9 Å². The highest BCUT2D eigenvalue weighted by molar-refractivity contribution is 5.90. The van der Waals surface area contributed by atoms with E-state index in [4.69, 9.17) is 4.74 Å². The molecule has 2 aromatic carbocycles. The predicted octanol–water partition coefficient (Wildman–Crippen LogP) is 4.12. The summed E-state index contributed by atoms with van der Waals surface area (Å²) in [5.74, 6) is -0.522. The van der Waals surface area contributed by atoms with Gasteiger partial charge in [-0.25, -0.2) is 9.59 Å². The average Bonchev–Trinajstić information content (AvgIpc) is 3.00. The molecule has 10 heteroatoms. The van der Waals surface area contributed by atoms with Gasteiger partial charge in [0.05, 0.1) is 24.6 Å². The van der Waals surface area contributed by atoms with E-state index in [1.54, 1.807) is 29.2 Å². The number of fused-ring (bicyclic) bond motifs is 1. The molecule has 2 aliphatic rings. The van der Waals surface area contributed by atoms with Gasteiger partial charge < -0.3 is 30.5 Å².